The van der Waals surface area contributed by atoms with Gasteiger partial charge < -0.3 is 20.2 Å². The summed E-state index contributed by atoms with van der Waals surface area (Å²) in [7, 11) is 1.34. The number of H-pyrrole nitrogens is 1. The van der Waals surface area contributed by atoms with E-state index in [9.17, 15) is 4.79 Å². The van der Waals surface area contributed by atoms with Gasteiger partial charge in [-0.2, -0.15) is 0 Å². The second-order valence-corrected chi connectivity index (χ2v) is 6.57. The third kappa shape index (κ3) is 3.86. The van der Waals surface area contributed by atoms with Gasteiger partial charge in [0.05, 0.1) is 12.6 Å². The van der Waals surface area contributed by atoms with Gasteiger partial charge in [0.25, 0.3) is 0 Å². The van der Waals surface area contributed by atoms with Crippen LogP contribution in [0.15, 0.2) is 53.1 Å². The number of carbonyl (C=O) groups excluding carboxylic acids is 1. The van der Waals surface area contributed by atoms with E-state index in [1.807, 2.05) is 48.7 Å². The molecule has 0 aliphatic carbocycles. The molecule has 3 aromatic rings. The number of nitrogens with two attached hydrogens (primary N) is 1. The van der Waals surface area contributed by atoms with Crippen molar-refractivity contribution in [3.63, 3.8) is 0 Å². The van der Waals surface area contributed by atoms with Crippen molar-refractivity contribution in [2.45, 2.75) is 19.1 Å². The maximum atomic E-state index is 11.6. The van der Waals surface area contributed by atoms with E-state index < -0.39 is 12.0 Å². The Kier molecular flexibility index (Phi) is 5.40. The highest BCUT2D eigenvalue weighted by atomic mass is 79.9. The smallest absolute Gasteiger partial charge is 0.322 e. The second kappa shape index (κ2) is 7.72. The number of hydrogen-bond donors (Lipinski definition) is 2. The maximum Gasteiger partial charge on any atom is 0.322 e. The summed E-state index contributed by atoms with van der Waals surface area (Å²) in [4.78, 5) is 14.8. The predicted octanol–water partition coefficient (Wildman–Crippen LogP) is 3.55. The minimum atomic E-state index is -0.704. The van der Waals surface area contributed by atoms with Gasteiger partial charge in [0.2, 0.25) is 0 Å². The van der Waals surface area contributed by atoms with Crippen LogP contribution in [0.5, 0.6) is 5.75 Å². The number of fused-ring (bicyclic) bond motifs is 1. The standard InChI is InChI=1S/C19H19BrN2O3/c1-24-19(23)15(21)9-13-10-22-18-16(8-7-14(20)17(13)18)25-11-12-5-3-2-4-6-12/h2-8,10,15,22H,9,11,21H2,1H3. The van der Waals surface area contributed by atoms with Crippen LogP contribution in [0.3, 0.4) is 0 Å². The molecular formula is C19H19BrN2O3. The van der Waals surface area contributed by atoms with Crippen LogP contribution in [0.1, 0.15) is 11.1 Å². The monoisotopic (exact) mass is 402 g/mol. The van der Waals surface area contributed by atoms with Crippen molar-refractivity contribution in [2.75, 3.05) is 7.11 Å². The number of carbonyl (C=O) groups is 1. The van der Waals surface area contributed by atoms with Crippen LogP contribution in [0.25, 0.3) is 10.9 Å². The van der Waals surface area contributed by atoms with Gasteiger partial charge in [-0.05, 0) is 23.3 Å². The number of aromatic nitrogens is 1. The SMILES string of the molecule is COC(=O)C(N)Cc1c[nH]c2c(OCc3ccccc3)ccc(Br)c12. The molecule has 2 aromatic carbocycles. The average molecular weight is 403 g/mol. The predicted molar refractivity (Wildman–Crippen MR) is 100 cm³/mol. The number of ether oxygens (including phenoxy) is 2. The molecule has 6 heteroatoms. The van der Waals surface area contributed by atoms with Gasteiger partial charge in [0.1, 0.15) is 18.4 Å². The first-order chi connectivity index (χ1) is 12.1. The number of nitrogens with one attached hydrogen (secondary N) is 1. The van der Waals surface area contributed by atoms with Crippen LogP contribution >= 0.6 is 15.9 Å². The van der Waals surface area contributed by atoms with E-state index in [2.05, 4.69) is 20.9 Å². The van der Waals surface area contributed by atoms with Gasteiger partial charge in [0, 0.05) is 22.5 Å². The number of hydrogen-bond acceptors (Lipinski definition) is 4. The van der Waals surface area contributed by atoms with E-state index in [0.29, 0.717) is 13.0 Å². The quantitative estimate of drug-likeness (QED) is 0.618. The van der Waals surface area contributed by atoms with E-state index in [4.69, 9.17) is 15.2 Å². The fourth-order valence-electron chi connectivity index (χ4n) is 2.74. The Bertz CT molecular complexity index is 877. The molecule has 3 N–H and O–H groups in total. The van der Waals surface area contributed by atoms with Crippen LogP contribution < -0.4 is 10.5 Å². The Hall–Kier alpha value is -2.31. The zero-order valence-electron chi connectivity index (χ0n) is 13.8. The first-order valence-corrected chi connectivity index (χ1v) is 8.68. The normalized spacial score (nSPS) is 12.1. The molecule has 1 heterocycles. The van der Waals surface area contributed by atoms with Crippen LogP contribution in [0.4, 0.5) is 0 Å². The number of methoxy groups -OCH3 is 1. The summed E-state index contributed by atoms with van der Waals surface area (Å²) in [5.74, 6) is 0.321. The Balaban J connectivity index is 1.86. The number of aromatic amines is 1. The molecular weight excluding hydrogens is 384 g/mol. The molecule has 3 rings (SSSR count). The molecule has 1 unspecified atom stereocenters. The topological polar surface area (TPSA) is 77.3 Å². The molecule has 1 atom stereocenters. The molecule has 0 amide bonds. The lowest BCUT2D eigenvalue weighted by molar-refractivity contribution is -0.142. The molecule has 25 heavy (non-hydrogen) atoms. The zero-order chi connectivity index (χ0) is 17.8. The molecule has 0 aliphatic rings. The lowest BCUT2D eigenvalue weighted by atomic mass is 10.1. The molecule has 0 saturated carbocycles. The molecule has 0 spiro atoms. The zero-order valence-corrected chi connectivity index (χ0v) is 15.4. The minimum Gasteiger partial charge on any atom is -0.487 e. The van der Waals surface area contributed by atoms with E-state index in [-0.39, 0.29) is 0 Å². The van der Waals surface area contributed by atoms with E-state index >= 15 is 0 Å². The van der Waals surface area contributed by atoms with Gasteiger partial charge in [-0.3, -0.25) is 4.79 Å². The summed E-state index contributed by atoms with van der Waals surface area (Å²) in [6, 6.07) is 13.1. The van der Waals surface area contributed by atoms with E-state index in [1.165, 1.54) is 7.11 Å². The first kappa shape index (κ1) is 17.5. The molecule has 5 nitrogen and oxygen atoms in total. The fraction of sp³-hybridized carbons (Fsp3) is 0.211. The Labute approximate surface area is 154 Å². The van der Waals surface area contributed by atoms with Crippen LogP contribution in [-0.4, -0.2) is 24.1 Å². The molecule has 1 aromatic heterocycles. The number of halogens is 1. The van der Waals surface area contributed by atoms with Gasteiger partial charge in [0.15, 0.2) is 0 Å². The van der Waals surface area contributed by atoms with E-state index in [1.54, 1.807) is 0 Å². The number of rotatable bonds is 6. The fourth-order valence-corrected chi connectivity index (χ4v) is 3.32. The van der Waals surface area contributed by atoms with Crippen molar-refractivity contribution in [1.29, 1.82) is 0 Å². The largest absolute Gasteiger partial charge is 0.487 e. The molecule has 0 bridgehead atoms. The number of esters is 1. The van der Waals surface area contributed by atoms with Crippen molar-refractivity contribution in [2.24, 2.45) is 5.73 Å². The van der Waals surface area contributed by atoms with Crippen LogP contribution in [0.2, 0.25) is 0 Å². The van der Waals surface area contributed by atoms with Crippen molar-refractivity contribution in [3.8, 4) is 5.75 Å². The third-order valence-electron chi connectivity index (χ3n) is 4.01. The van der Waals surface area contributed by atoms with Crippen LogP contribution in [0, 0.1) is 0 Å². The van der Waals surface area contributed by atoms with Crippen molar-refractivity contribution < 1.29 is 14.3 Å². The van der Waals surface area contributed by atoms with Crippen LogP contribution in [-0.2, 0) is 22.6 Å². The second-order valence-electron chi connectivity index (χ2n) is 5.72. The molecule has 0 saturated heterocycles. The molecule has 0 radical (unpaired) electrons. The summed E-state index contributed by atoms with van der Waals surface area (Å²) < 4.78 is 11.6. The highest BCUT2D eigenvalue weighted by Crippen LogP contribution is 2.34. The Morgan fingerprint density at radius 3 is 2.72 bits per heavy atom. The lowest BCUT2D eigenvalue weighted by Crippen LogP contribution is -2.33. The van der Waals surface area contributed by atoms with E-state index in [0.717, 1.165) is 32.3 Å². The summed E-state index contributed by atoms with van der Waals surface area (Å²) >= 11 is 3.57. The Morgan fingerprint density at radius 2 is 2.00 bits per heavy atom. The van der Waals surface area contributed by atoms with Crippen molar-refractivity contribution in [3.05, 3.63) is 64.3 Å². The van der Waals surface area contributed by atoms with Crippen molar-refractivity contribution >= 4 is 32.8 Å². The van der Waals surface area contributed by atoms with Gasteiger partial charge in [-0.15, -0.1) is 0 Å². The highest BCUT2D eigenvalue weighted by molar-refractivity contribution is 9.10. The number of benzene rings is 2. The molecule has 130 valence electrons. The minimum absolute atomic E-state index is 0.382. The van der Waals surface area contributed by atoms with Gasteiger partial charge in [-0.1, -0.05) is 46.3 Å². The Morgan fingerprint density at radius 1 is 1.24 bits per heavy atom. The molecule has 0 fully saturated rings. The summed E-state index contributed by atoms with van der Waals surface area (Å²) in [6.45, 7) is 0.480. The first-order valence-electron chi connectivity index (χ1n) is 7.88. The molecule has 0 aliphatic heterocycles. The summed E-state index contributed by atoms with van der Waals surface area (Å²) in [6.07, 6.45) is 2.24. The third-order valence-corrected chi connectivity index (χ3v) is 4.67. The van der Waals surface area contributed by atoms with Gasteiger partial charge >= 0.3 is 5.97 Å². The lowest BCUT2D eigenvalue weighted by Gasteiger charge is -2.10. The highest BCUT2D eigenvalue weighted by Gasteiger charge is 2.19. The van der Waals surface area contributed by atoms with Crippen molar-refractivity contribution in [1.82, 2.24) is 4.98 Å². The maximum absolute atomic E-state index is 11.6. The average Bonchev–Trinajstić information content (AvgIpc) is 3.06. The van der Waals surface area contributed by atoms with Gasteiger partial charge in [-0.25, -0.2) is 0 Å². The summed E-state index contributed by atoms with van der Waals surface area (Å²) in [5.41, 5.74) is 8.80. The summed E-state index contributed by atoms with van der Waals surface area (Å²) in [5, 5.41) is 0.963.